The average Bonchev–Trinajstić information content (AvgIpc) is 3.16. The standard InChI is InChI=1S/C20H21ClN4O4S/c1-13-4-10-17(11-5-13)25(30(3,27)28)14(2)20(26)22-12-18-23-19(24-29-18)15-6-8-16(21)9-7-15/h4-11,14H,12H2,1-3H3,(H,22,26). The second-order valence-electron chi connectivity index (χ2n) is 6.81. The highest BCUT2D eigenvalue weighted by atomic mass is 35.5. The molecule has 2 aromatic carbocycles. The molecule has 1 atom stereocenters. The van der Waals surface area contributed by atoms with Gasteiger partial charge in [-0.05, 0) is 50.2 Å². The zero-order valence-corrected chi connectivity index (χ0v) is 18.2. The Labute approximate surface area is 179 Å². The van der Waals surface area contributed by atoms with Gasteiger partial charge < -0.3 is 9.84 Å². The van der Waals surface area contributed by atoms with Crippen LogP contribution in [0.5, 0.6) is 0 Å². The van der Waals surface area contributed by atoms with Crippen molar-refractivity contribution in [2.24, 2.45) is 0 Å². The summed E-state index contributed by atoms with van der Waals surface area (Å²) in [4.78, 5) is 16.9. The zero-order valence-electron chi connectivity index (χ0n) is 16.7. The van der Waals surface area contributed by atoms with E-state index in [1.165, 1.54) is 6.92 Å². The Morgan fingerprint density at radius 1 is 1.17 bits per heavy atom. The molecule has 10 heteroatoms. The average molecular weight is 449 g/mol. The third-order valence-electron chi connectivity index (χ3n) is 4.36. The van der Waals surface area contributed by atoms with Crippen LogP contribution in [0.25, 0.3) is 11.4 Å². The molecular weight excluding hydrogens is 428 g/mol. The largest absolute Gasteiger partial charge is 0.345 e. The highest BCUT2D eigenvalue weighted by Gasteiger charge is 2.29. The number of amides is 1. The van der Waals surface area contributed by atoms with E-state index in [4.69, 9.17) is 16.1 Å². The number of rotatable bonds is 7. The summed E-state index contributed by atoms with van der Waals surface area (Å²) in [6.07, 6.45) is 1.06. The first kappa shape index (κ1) is 21.8. The molecule has 0 fully saturated rings. The van der Waals surface area contributed by atoms with Crippen molar-refractivity contribution in [3.05, 3.63) is 65.0 Å². The van der Waals surface area contributed by atoms with Gasteiger partial charge in [0.1, 0.15) is 6.04 Å². The Bertz CT molecular complexity index is 1130. The minimum absolute atomic E-state index is 0.0325. The fourth-order valence-electron chi connectivity index (χ4n) is 2.85. The molecule has 0 aliphatic carbocycles. The van der Waals surface area contributed by atoms with Crippen molar-refractivity contribution < 1.29 is 17.7 Å². The number of nitrogens with zero attached hydrogens (tertiary/aromatic N) is 3. The first-order valence-electron chi connectivity index (χ1n) is 9.07. The topological polar surface area (TPSA) is 105 Å². The van der Waals surface area contributed by atoms with Gasteiger partial charge in [0, 0.05) is 10.6 Å². The van der Waals surface area contributed by atoms with Crippen molar-refractivity contribution in [3.63, 3.8) is 0 Å². The number of carbonyl (C=O) groups is 1. The van der Waals surface area contributed by atoms with Crippen molar-refractivity contribution in [1.29, 1.82) is 0 Å². The summed E-state index contributed by atoms with van der Waals surface area (Å²) in [5.41, 5.74) is 2.11. The van der Waals surface area contributed by atoms with E-state index in [2.05, 4.69) is 15.5 Å². The van der Waals surface area contributed by atoms with Crippen LogP contribution in [0.2, 0.25) is 5.02 Å². The Morgan fingerprint density at radius 2 is 1.80 bits per heavy atom. The maximum atomic E-state index is 12.6. The van der Waals surface area contributed by atoms with E-state index in [0.29, 0.717) is 16.5 Å². The van der Waals surface area contributed by atoms with Gasteiger partial charge in [0.15, 0.2) is 0 Å². The third-order valence-corrected chi connectivity index (χ3v) is 5.85. The van der Waals surface area contributed by atoms with Gasteiger partial charge in [0.25, 0.3) is 0 Å². The van der Waals surface area contributed by atoms with Gasteiger partial charge in [-0.3, -0.25) is 9.10 Å². The molecular formula is C20H21ClN4O4S. The number of sulfonamides is 1. The lowest BCUT2D eigenvalue weighted by Crippen LogP contribution is -2.47. The van der Waals surface area contributed by atoms with Crippen LogP contribution in [0.15, 0.2) is 53.1 Å². The Morgan fingerprint density at radius 3 is 2.40 bits per heavy atom. The lowest BCUT2D eigenvalue weighted by atomic mass is 10.2. The number of hydrogen-bond acceptors (Lipinski definition) is 6. The van der Waals surface area contributed by atoms with E-state index in [-0.39, 0.29) is 12.4 Å². The lowest BCUT2D eigenvalue weighted by molar-refractivity contribution is -0.122. The Hall–Kier alpha value is -2.91. The van der Waals surface area contributed by atoms with E-state index in [1.54, 1.807) is 48.5 Å². The molecule has 0 spiro atoms. The molecule has 3 rings (SSSR count). The van der Waals surface area contributed by atoms with Gasteiger partial charge in [0.05, 0.1) is 18.5 Å². The van der Waals surface area contributed by atoms with Crippen molar-refractivity contribution in [2.75, 3.05) is 10.6 Å². The molecule has 30 heavy (non-hydrogen) atoms. The van der Waals surface area contributed by atoms with Crippen LogP contribution < -0.4 is 9.62 Å². The molecule has 3 aromatic rings. The van der Waals surface area contributed by atoms with Crippen LogP contribution >= 0.6 is 11.6 Å². The highest BCUT2D eigenvalue weighted by molar-refractivity contribution is 7.92. The number of anilines is 1. The maximum Gasteiger partial charge on any atom is 0.246 e. The van der Waals surface area contributed by atoms with Gasteiger partial charge >= 0.3 is 0 Å². The van der Waals surface area contributed by atoms with Crippen LogP contribution in [-0.2, 0) is 21.4 Å². The fraction of sp³-hybridized carbons (Fsp3) is 0.250. The van der Waals surface area contributed by atoms with E-state index in [0.717, 1.165) is 21.7 Å². The molecule has 1 amide bonds. The highest BCUT2D eigenvalue weighted by Crippen LogP contribution is 2.22. The van der Waals surface area contributed by atoms with E-state index < -0.39 is 22.0 Å². The van der Waals surface area contributed by atoms with Crippen molar-refractivity contribution in [2.45, 2.75) is 26.4 Å². The van der Waals surface area contributed by atoms with Crippen LogP contribution in [0.1, 0.15) is 18.4 Å². The number of nitrogens with one attached hydrogen (secondary N) is 1. The summed E-state index contributed by atoms with van der Waals surface area (Å²) in [6, 6.07) is 12.9. The minimum atomic E-state index is -3.68. The smallest absolute Gasteiger partial charge is 0.246 e. The van der Waals surface area contributed by atoms with Gasteiger partial charge in [-0.15, -0.1) is 0 Å². The van der Waals surface area contributed by atoms with Crippen LogP contribution in [0.4, 0.5) is 5.69 Å². The summed E-state index contributed by atoms with van der Waals surface area (Å²) >= 11 is 5.87. The molecule has 0 bridgehead atoms. The molecule has 8 nitrogen and oxygen atoms in total. The molecule has 0 saturated carbocycles. The predicted octanol–water partition coefficient (Wildman–Crippen LogP) is 3.17. The molecule has 158 valence electrons. The summed E-state index contributed by atoms with van der Waals surface area (Å²) in [5, 5.41) is 7.12. The second kappa shape index (κ2) is 8.85. The predicted molar refractivity (Wildman–Crippen MR) is 115 cm³/mol. The third kappa shape index (κ3) is 5.17. The van der Waals surface area contributed by atoms with Gasteiger partial charge in [-0.1, -0.05) is 34.5 Å². The number of benzene rings is 2. The van der Waals surface area contributed by atoms with E-state index >= 15 is 0 Å². The first-order chi connectivity index (χ1) is 14.1. The number of halogens is 1. The second-order valence-corrected chi connectivity index (χ2v) is 9.10. The number of hydrogen-bond donors (Lipinski definition) is 1. The lowest BCUT2D eigenvalue weighted by Gasteiger charge is -2.28. The Balaban J connectivity index is 1.70. The normalized spacial score (nSPS) is 12.4. The van der Waals surface area contributed by atoms with E-state index in [9.17, 15) is 13.2 Å². The zero-order chi connectivity index (χ0) is 21.9. The summed E-state index contributed by atoms with van der Waals surface area (Å²) < 4.78 is 30.9. The molecule has 1 N–H and O–H groups in total. The number of aryl methyl sites for hydroxylation is 1. The first-order valence-corrected chi connectivity index (χ1v) is 11.3. The summed E-state index contributed by atoms with van der Waals surface area (Å²) in [6.45, 7) is 3.38. The summed E-state index contributed by atoms with van der Waals surface area (Å²) in [5.74, 6) is 0.0652. The van der Waals surface area contributed by atoms with Gasteiger partial charge in [0.2, 0.25) is 27.6 Å². The molecule has 0 aliphatic rings. The molecule has 0 radical (unpaired) electrons. The van der Waals surface area contributed by atoms with E-state index in [1.807, 2.05) is 6.92 Å². The SMILES string of the molecule is Cc1ccc(N(C(C)C(=O)NCc2nc(-c3ccc(Cl)cc3)no2)S(C)(=O)=O)cc1. The van der Waals surface area contributed by atoms with Crippen LogP contribution in [0.3, 0.4) is 0 Å². The quantitative estimate of drug-likeness (QED) is 0.595. The van der Waals surface area contributed by atoms with Crippen LogP contribution in [0, 0.1) is 6.92 Å². The van der Waals surface area contributed by atoms with Crippen molar-refractivity contribution in [3.8, 4) is 11.4 Å². The molecule has 1 unspecified atom stereocenters. The monoisotopic (exact) mass is 448 g/mol. The summed E-state index contributed by atoms with van der Waals surface area (Å²) in [7, 11) is -3.68. The minimum Gasteiger partial charge on any atom is -0.345 e. The van der Waals surface area contributed by atoms with Crippen LogP contribution in [-0.4, -0.2) is 36.8 Å². The van der Waals surface area contributed by atoms with Crippen molar-refractivity contribution in [1.82, 2.24) is 15.5 Å². The van der Waals surface area contributed by atoms with Gasteiger partial charge in [-0.2, -0.15) is 4.98 Å². The Kier molecular flexibility index (Phi) is 6.42. The number of aromatic nitrogens is 2. The fourth-order valence-corrected chi connectivity index (χ4v) is 4.15. The molecule has 1 heterocycles. The molecule has 1 aromatic heterocycles. The van der Waals surface area contributed by atoms with Crippen molar-refractivity contribution >= 4 is 33.2 Å². The number of carbonyl (C=O) groups excluding carboxylic acids is 1. The molecule has 0 saturated heterocycles. The molecule has 0 aliphatic heterocycles. The van der Waals surface area contributed by atoms with Gasteiger partial charge in [-0.25, -0.2) is 8.42 Å². The maximum absolute atomic E-state index is 12.6.